The Balaban J connectivity index is 1.53. The summed E-state index contributed by atoms with van der Waals surface area (Å²) in [4.78, 5) is 0.347. The van der Waals surface area contributed by atoms with Crippen molar-refractivity contribution >= 4 is 43.8 Å². The third-order valence-corrected chi connectivity index (χ3v) is 7.39. The van der Waals surface area contributed by atoms with E-state index in [1.807, 2.05) is 24.3 Å². The van der Waals surface area contributed by atoms with Gasteiger partial charge in [0.2, 0.25) is 5.13 Å². The average molecular weight is 408 g/mol. The number of benzene rings is 2. The topological polar surface area (TPSA) is 81.2 Å². The Bertz CT molecular complexity index is 942. The van der Waals surface area contributed by atoms with Crippen LogP contribution < -0.4 is 10.1 Å². The third kappa shape index (κ3) is 4.96. The van der Waals surface area contributed by atoms with Gasteiger partial charge in [0.15, 0.2) is 14.2 Å². The highest BCUT2D eigenvalue weighted by Gasteiger charge is 2.14. The zero-order valence-corrected chi connectivity index (χ0v) is 16.4. The van der Waals surface area contributed by atoms with Gasteiger partial charge in [-0.1, -0.05) is 41.3 Å². The molecule has 0 bridgehead atoms. The second kappa shape index (κ2) is 8.52. The molecule has 0 aliphatic heterocycles. The van der Waals surface area contributed by atoms with E-state index in [4.69, 9.17) is 4.74 Å². The third-order valence-electron chi connectivity index (χ3n) is 3.43. The molecular formula is C17H17N3O3S3. The maximum Gasteiger partial charge on any atom is 0.210 e. The summed E-state index contributed by atoms with van der Waals surface area (Å²) in [6, 6.07) is 16.0. The Labute approximate surface area is 160 Å². The highest BCUT2D eigenvalue weighted by atomic mass is 32.2. The minimum Gasteiger partial charge on any atom is -0.497 e. The number of nitrogens with one attached hydrogen (secondary N) is 1. The van der Waals surface area contributed by atoms with E-state index >= 15 is 0 Å². The molecule has 136 valence electrons. The molecule has 6 nitrogen and oxygen atoms in total. The van der Waals surface area contributed by atoms with Crippen molar-refractivity contribution in [1.82, 2.24) is 10.2 Å². The van der Waals surface area contributed by atoms with Crippen LogP contribution in [0.4, 0.5) is 10.8 Å². The molecule has 0 atom stereocenters. The fourth-order valence-electron chi connectivity index (χ4n) is 2.10. The first-order valence-electron chi connectivity index (χ1n) is 7.72. The number of thioether (sulfide) groups is 1. The van der Waals surface area contributed by atoms with Crippen LogP contribution in [0.2, 0.25) is 0 Å². The zero-order chi connectivity index (χ0) is 18.4. The van der Waals surface area contributed by atoms with Crippen molar-refractivity contribution in [3.05, 3.63) is 54.6 Å². The Hall–Kier alpha value is -2.10. The van der Waals surface area contributed by atoms with Gasteiger partial charge >= 0.3 is 0 Å². The van der Waals surface area contributed by atoms with Gasteiger partial charge < -0.3 is 10.1 Å². The summed E-state index contributed by atoms with van der Waals surface area (Å²) in [6.07, 6.45) is 0. The molecule has 0 amide bonds. The van der Waals surface area contributed by atoms with Crippen molar-refractivity contribution in [2.45, 2.75) is 9.24 Å². The Morgan fingerprint density at radius 2 is 1.81 bits per heavy atom. The number of anilines is 2. The first kappa shape index (κ1) is 18.7. The van der Waals surface area contributed by atoms with E-state index in [1.165, 1.54) is 23.1 Å². The highest BCUT2D eigenvalue weighted by molar-refractivity contribution is 8.02. The van der Waals surface area contributed by atoms with Crippen LogP contribution >= 0.6 is 23.1 Å². The van der Waals surface area contributed by atoms with Crippen LogP contribution in [0.1, 0.15) is 0 Å². The molecule has 1 aromatic heterocycles. The maximum atomic E-state index is 12.3. The van der Waals surface area contributed by atoms with Gasteiger partial charge in [-0.05, 0) is 36.4 Å². The molecule has 1 N–H and O–H groups in total. The van der Waals surface area contributed by atoms with E-state index in [0.717, 1.165) is 15.8 Å². The smallest absolute Gasteiger partial charge is 0.210 e. The van der Waals surface area contributed by atoms with Crippen LogP contribution in [0.15, 0.2) is 63.8 Å². The molecule has 0 saturated heterocycles. The number of aromatic nitrogens is 2. The molecule has 1 heterocycles. The van der Waals surface area contributed by atoms with E-state index < -0.39 is 9.84 Å². The number of nitrogens with zero attached hydrogens (tertiary/aromatic N) is 2. The molecule has 3 aromatic rings. The summed E-state index contributed by atoms with van der Waals surface area (Å²) in [7, 11) is -1.65. The Morgan fingerprint density at radius 3 is 2.50 bits per heavy atom. The fourth-order valence-corrected chi connectivity index (χ4v) is 5.61. The minimum atomic E-state index is -3.27. The lowest BCUT2D eigenvalue weighted by atomic mass is 10.3. The van der Waals surface area contributed by atoms with Crippen LogP contribution in [0.25, 0.3) is 0 Å². The lowest BCUT2D eigenvalue weighted by Gasteiger charge is -2.03. The number of sulfone groups is 1. The summed E-state index contributed by atoms with van der Waals surface area (Å²) in [5.74, 6) is 1.26. The average Bonchev–Trinajstić information content (AvgIpc) is 3.10. The minimum absolute atomic E-state index is 0.0580. The molecule has 0 spiro atoms. The van der Waals surface area contributed by atoms with Gasteiger partial charge in [0.1, 0.15) is 5.75 Å². The van der Waals surface area contributed by atoms with Crippen molar-refractivity contribution in [2.75, 3.05) is 23.9 Å². The summed E-state index contributed by atoms with van der Waals surface area (Å²) in [5, 5.41) is 12.0. The van der Waals surface area contributed by atoms with E-state index in [0.29, 0.717) is 15.8 Å². The van der Waals surface area contributed by atoms with E-state index in [1.54, 1.807) is 37.4 Å². The monoisotopic (exact) mass is 407 g/mol. The molecule has 0 aliphatic rings. The zero-order valence-electron chi connectivity index (χ0n) is 14.0. The largest absolute Gasteiger partial charge is 0.497 e. The number of methoxy groups -OCH3 is 1. The van der Waals surface area contributed by atoms with Crippen LogP contribution in [-0.2, 0) is 9.84 Å². The Kier molecular flexibility index (Phi) is 6.12. The van der Waals surface area contributed by atoms with Gasteiger partial charge in [-0.15, -0.1) is 10.2 Å². The molecule has 0 saturated carbocycles. The van der Waals surface area contributed by atoms with Gasteiger partial charge in [0.05, 0.1) is 17.8 Å². The SMILES string of the molecule is COc1ccc(Nc2nnc(SCCS(=O)(=O)c3ccccc3)s2)cc1. The van der Waals surface area contributed by atoms with Crippen molar-refractivity contribution in [2.24, 2.45) is 0 Å². The number of hydrogen-bond acceptors (Lipinski definition) is 8. The summed E-state index contributed by atoms with van der Waals surface area (Å²) < 4.78 is 30.4. The summed E-state index contributed by atoms with van der Waals surface area (Å²) in [6.45, 7) is 0. The van der Waals surface area contributed by atoms with Gasteiger partial charge in [0, 0.05) is 11.4 Å². The summed E-state index contributed by atoms with van der Waals surface area (Å²) in [5.41, 5.74) is 0.880. The van der Waals surface area contributed by atoms with Crippen molar-refractivity contribution in [1.29, 1.82) is 0 Å². The second-order valence-electron chi connectivity index (χ2n) is 5.21. The van der Waals surface area contributed by atoms with Crippen molar-refractivity contribution in [3.63, 3.8) is 0 Å². The molecule has 9 heteroatoms. The van der Waals surface area contributed by atoms with E-state index in [2.05, 4.69) is 15.5 Å². The van der Waals surface area contributed by atoms with Crippen LogP contribution in [0.5, 0.6) is 5.75 Å². The quantitative estimate of drug-likeness (QED) is 0.568. The number of ether oxygens (including phenoxy) is 1. The second-order valence-corrected chi connectivity index (χ2v) is 9.64. The maximum absolute atomic E-state index is 12.3. The first-order valence-corrected chi connectivity index (χ1v) is 11.2. The molecule has 2 aromatic carbocycles. The lowest BCUT2D eigenvalue weighted by molar-refractivity contribution is 0.415. The van der Waals surface area contributed by atoms with Gasteiger partial charge in [-0.3, -0.25) is 0 Å². The van der Waals surface area contributed by atoms with E-state index in [-0.39, 0.29) is 5.75 Å². The first-order chi connectivity index (χ1) is 12.6. The fraction of sp³-hybridized carbons (Fsp3) is 0.176. The van der Waals surface area contributed by atoms with Crippen molar-refractivity contribution < 1.29 is 13.2 Å². The molecular weight excluding hydrogens is 390 g/mol. The van der Waals surface area contributed by atoms with E-state index in [9.17, 15) is 8.42 Å². The standard InChI is InChI=1S/C17H17N3O3S3/c1-23-14-9-7-13(8-10-14)18-16-19-20-17(25-16)24-11-12-26(21,22)15-5-3-2-4-6-15/h2-10H,11-12H2,1H3,(H,18,19). The number of rotatable bonds is 8. The van der Waals surface area contributed by atoms with Crippen molar-refractivity contribution in [3.8, 4) is 5.75 Å². The van der Waals surface area contributed by atoms with Crippen LogP contribution in [0.3, 0.4) is 0 Å². The predicted octanol–water partition coefficient (Wildman–Crippen LogP) is 3.86. The summed E-state index contributed by atoms with van der Waals surface area (Å²) >= 11 is 2.77. The van der Waals surface area contributed by atoms with Crippen LogP contribution in [-0.4, -0.2) is 37.2 Å². The van der Waals surface area contributed by atoms with Gasteiger partial charge in [-0.25, -0.2) is 8.42 Å². The molecule has 3 rings (SSSR count). The molecule has 0 aliphatic carbocycles. The molecule has 0 radical (unpaired) electrons. The lowest BCUT2D eigenvalue weighted by Crippen LogP contribution is -2.08. The van der Waals surface area contributed by atoms with Gasteiger partial charge in [-0.2, -0.15) is 0 Å². The predicted molar refractivity (Wildman–Crippen MR) is 105 cm³/mol. The molecule has 26 heavy (non-hydrogen) atoms. The molecule has 0 unspecified atom stereocenters. The van der Waals surface area contributed by atoms with Crippen LogP contribution in [0, 0.1) is 0 Å². The normalized spacial score (nSPS) is 11.3. The number of hydrogen-bond donors (Lipinski definition) is 1. The highest BCUT2D eigenvalue weighted by Crippen LogP contribution is 2.28. The Morgan fingerprint density at radius 1 is 1.08 bits per heavy atom. The van der Waals surface area contributed by atoms with Gasteiger partial charge in [0.25, 0.3) is 0 Å². The molecule has 0 fully saturated rings.